The number of rotatable bonds is 3. The van der Waals surface area contributed by atoms with E-state index >= 15 is 0 Å². The number of aromatic amines is 1. The Morgan fingerprint density at radius 2 is 2.18 bits per heavy atom. The predicted octanol–water partition coefficient (Wildman–Crippen LogP) is 0.928. The molecule has 9 nitrogen and oxygen atoms in total. The molecule has 1 N–H and O–H groups in total. The van der Waals surface area contributed by atoms with Gasteiger partial charge in [0, 0.05) is 19.2 Å². The number of anilines is 2. The van der Waals surface area contributed by atoms with E-state index in [1.807, 2.05) is 11.8 Å². The monoisotopic (exact) mass is 399 g/mol. The average Bonchev–Trinajstić information content (AvgIpc) is 3.14. The third kappa shape index (κ3) is 3.43. The van der Waals surface area contributed by atoms with Crippen molar-refractivity contribution in [2.45, 2.75) is 44.7 Å². The molecule has 4 heterocycles. The summed E-state index contributed by atoms with van der Waals surface area (Å²) in [4.78, 5) is 24.0. The van der Waals surface area contributed by atoms with Gasteiger partial charge in [0.05, 0.1) is 25.8 Å². The summed E-state index contributed by atoms with van der Waals surface area (Å²) >= 11 is 0. The number of ether oxygens (including phenoxy) is 1. The lowest BCUT2D eigenvalue weighted by Gasteiger charge is -2.40. The van der Waals surface area contributed by atoms with Gasteiger partial charge in [-0.25, -0.2) is 4.98 Å². The Balaban J connectivity index is 1.78. The number of nitrogens with one attached hydrogen (secondary N) is 1. The maximum atomic E-state index is 13.7. The first-order chi connectivity index (χ1) is 13.3. The van der Waals surface area contributed by atoms with E-state index in [1.165, 1.54) is 17.0 Å². The van der Waals surface area contributed by atoms with Crippen molar-refractivity contribution in [3.05, 3.63) is 28.6 Å². The highest BCUT2D eigenvalue weighted by Crippen LogP contribution is 2.35. The third-order valence-electron chi connectivity index (χ3n) is 5.06. The van der Waals surface area contributed by atoms with Crippen LogP contribution in [0.3, 0.4) is 0 Å². The van der Waals surface area contributed by atoms with Crippen molar-refractivity contribution in [1.29, 1.82) is 0 Å². The summed E-state index contributed by atoms with van der Waals surface area (Å²) in [6, 6.07) is -0.415. The van der Waals surface area contributed by atoms with Crippen LogP contribution in [-0.4, -0.2) is 62.8 Å². The number of halogens is 3. The molecular weight excluding hydrogens is 379 g/mol. The first kappa shape index (κ1) is 18.7. The van der Waals surface area contributed by atoms with Crippen LogP contribution in [0.15, 0.2) is 17.2 Å². The number of aromatic nitrogens is 5. The van der Waals surface area contributed by atoms with Gasteiger partial charge in [-0.1, -0.05) is 0 Å². The molecule has 28 heavy (non-hydrogen) atoms. The number of morpholine rings is 1. The number of H-pyrrole nitrogens is 1. The molecule has 0 bridgehead atoms. The molecule has 4 rings (SSSR count). The van der Waals surface area contributed by atoms with Crippen LogP contribution < -0.4 is 15.4 Å². The van der Waals surface area contributed by atoms with Crippen molar-refractivity contribution in [3.63, 3.8) is 0 Å². The van der Waals surface area contributed by atoms with E-state index in [0.29, 0.717) is 25.6 Å². The van der Waals surface area contributed by atoms with Crippen LogP contribution in [0.2, 0.25) is 0 Å². The van der Waals surface area contributed by atoms with E-state index in [-0.39, 0.29) is 42.9 Å². The largest absolute Gasteiger partial charge is 0.408 e. The molecule has 0 saturated carbocycles. The van der Waals surface area contributed by atoms with Gasteiger partial charge < -0.3 is 14.5 Å². The lowest BCUT2D eigenvalue weighted by atomic mass is 10.1. The van der Waals surface area contributed by atoms with Gasteiger partial charge in [-0.3, -0.25) is 14.5 Å². The third-order valence-corrected chi connectivity index (χ3v) is 5.06. The molecule has 152 valence electrons. The molecule has 12 heteroatoms. The average molecular weight is 399 g/mol. The summed E-state index contributed by atoms with van der Waals surface area (Å²) in [7, 11) is 0. The van der Waals surface area contributed by atoms with Crippen LogP contribution in [0, 0.1) is 0 Å². The molecule has 2 aromatic heterocycles. The Labute approximate surface area is 158 Å². The van der Waals surface area contributed by atoms with E-state index < -0.39 is 12.2 Å². The van der Waals surface area contributed by atoms with Crippen LogP contribution in [-0.2, 0) is 17.8 Å². The summed E-state index contributed by atoms with van der Waals surface area (Å²) < 4.78 is 47.8. The zero-order valence-electron chi connectivity index (χ0n) is 15.2. The highest BCUT2D eigenvalue weighted by molar-refractivity contribution is 5.47. The highest BCUT2D eigenvalue weighted by atomic mass is 19.4. The van der Waals surface area contributed by atoms with Crippen LogP contribution in [0.25, 0.3) is 0 Å². The van der Waals surface area contributed by atoms with Gasteiger partial charge in [-0.2, -0.15) is 23.3 Å². The van der Waals surface area contributed by atoms with E-state index in [0.717, 1.165) is 4.90 Å². The quantitative estimate of drug-likeness (QED) is 0.821. The van der Waals surface area contributed by atoms with Crippen LogP contribution >= 0.6 is 0 Å². The second kappa shape index (κ2) is 7.08. The number of fused-ring (bicyclic) bond motifs is 1. The molecule has 2 aromatic rings. The second-order valence-corrected chi connectivity index (χ2v) is 6.93. The fourth-order valence-corrected chi connectivity index (χ4v) is 3.66. The first-order valence-corrected chi connectivity index (χ1v) is 8.98. The molecule has 1 saturated heterocycles. The van der Waals surface area contributed by atoms with Gasteiger partial charge in [0.25, 0.3) is 5.56 Å². The molecule has 2 aliphatic rings. The Bertz CT molecular complexity index is 883. The molecule has 2 aliphatic heterocycles. The van der Waals surface area contributed by atoms with Gasteiger partial charge >= 0.3 is 6.18 Å². The van der Waals surface area contributed by atoms with Crippen LogP contribution in [0.1, 0.15) is 19.2 Å². The maximum Gasteiger partial charge on any atom is 0.408 e. The summed E-state index contributed by atoms with van der Waals surface area (Å²) in [6.07, 6.45) is -3.47. The van der Waals surface area contributed by atoms with Crippen molar-refractivity contribution < 1.29 is 17.9 Å². The van der Waals surface area contributed by atoms with Gasteiger partial charge in [0.1, 0.15) is 24.0 Å². The first-order valence-electron chi connectivity index (χ1n) is 8.98. The van der Waals surface area contributed by atoms with Crippen molar-refractivity contribution in [2.24, 2.45) is 0 Å². The van der Waals surface area contributed by atoms with Crippen LogP contribution in [0.4, 0.5) is 24.9 Å². The summed E-state index contributed by atoms with van der Waals surface area (Å²) in [5.41, 5.74) is -0.373. The number of hydrogen-bond donors (Lipinski definition) is 1. The molecule has 0 amide bonds. The van der Waals surface area contributed by atoms with Crippen molar-refractivity contribution in [1.82, 2.24) is 24.7 Å². The summed E-state index contributed by atoms with van der Waals surface area (Å²) in [5, 5.41) is 6.27. The smallest absolute Gasteiger partial charge is 0.377 e. The predicted molar refractivity (Wildman–Crippen MR) is 93.1 cm³/mol. The molecule has 0 spiro atoms. The zero-order chi connectivity index (χ0) is 19.9. The Morgan fingerprint density at radius 3 is 2.86 bits per heavy atom. The number of alkyl halides is 3. The Hall–Kier alpha value is -2.63. The Kier molecular flexibility index (Phi) is 4.73. The van der Waals surface area contributed by atoms with Crippen molar-refractivity contribution in [3.8, 4) is 0 Å². The fourth-order valence-electron chi connectivity index (χ4n) is 3.66. The van der Waals surface area contributed by atoms with Crippen molar-refractivity contribution >= 4 is 11.8 Å². The molecule has 0 radical (unpaired) electrons. The minimum absolute atomic E-state index is 0.00818. The fraction of sp³-hybridized carbons (Fsp3) is 0.625. The molecule has 0 aromatic carbocycles. The molecule has 2 atom stereocenters. The van der Waals surface area contributed by atoms with E-state index in [9.17, 15) is 18.0 Å². The lowest BCUT2D eigenvalue weighted by Crippen LogP contribution is -2.52. The topological polar surface area (TPSA) is 92.2 Å². The van der Waals surface area contributed by atoms with E-state index in [4.69, 9.17) is 4.74 Å². The van der Waals surface area contributed by atoms with E-state index in [1.54, 1.807) is 0 Å². The molecular formula is C16H20F3N7O2. The number of nitrogens with zero attached hydrogens (tertiary/aromatic N) is 6. The maximum absolute atomic E-state index is 13.7. The van der Waals surface area contributed by atoms with Crippen LogP contribution in [0.5, 0.6) is 0 Å². The SMILES string of the molecule is CC1COCCN1c1cc(=O)n2c(n1)N(Cc1ncn[nH]1)C(C(F)(F)F)CC2. The second-order valence-electron chi connectivity index (χ2n) is 6.93. The minimum atomic E-state index is -4.47. The summed E-state index contributed by atoms with van der Waals surface area (Å²) in [6.45, 7) is 3.14. The van der Waals surface area contributed by atoms with Gasteiger partial charge in [-0.05, 0) is 13.3 Å². The van der Waals surface area contributed by atoms with Gasteiger partial charge in [0.2, 0.25) is 5.95 Å². The zero-order valence-corrected chi connectivity index (χ0v) is 15.2. The number of hydrogen-bond acceptors (Lipinski definition) is 7. The van der Waals surface area contributed by atoms with Gasteiger partial charge in [-0.15, -0.1) is 0 Å². The van der Waals surface area contributed by atoms with Crippen molar-refractivity contribution in [2.75, 3.05) is 29.6 Å². The molecule has 1 fully saturated rings. The van der Waals surface area contributed by atoms with E-state index in [2.05, 4.69) is 20.2 Å². The van der Waals surface area contributed by atoms with Gasteiger partial charge in [0.15, 0.2) is 0 Å². The standard InChI is InChI=1S/C16H20F3N7O2/c1-10-8-28-5-4-24(10)13-6-14(27)25-3-2-11(16(17,18)19)26(15(25)22-13)7-12-20-9-21-23-12/h6,9-11H,2-5,7-8H2,1H3,(H,20,21,23). The molecule has 0 aliphatic carbocycles. The lowest BCUT2D eigenvalue weighted by molar-refractivity contribution is -0.153. The summed E-state index contributed by atoms with van der Waals surface area (Å²) in [5.74, 6) is 0.616. The Morgan fingerprint density at radius 1 is 1.36 bits per heavy atom. The molecule has 2 unspecified atom stereocenters. The normalized spacial score (nSPS) is 23.0. The highest BCUT2D eigenvalue weighted by Gasteiger charge is 2.47. The minimum Gasteiger partial charge on any atom is -0.377 e.